The Morgan fingerprint density at radius 1 is 1.26 bits per heavy atom. The number of ether oxygens (including phenoxy) is 1. The van der Waals surface area contributed by atoms with E-state index in [4.69, 9.17) is 4.74 Å². The Kier molecular flexibility index (Phi) is 3.66. The number of nitro groups is 1. The first-order valence-electron chi connectivity index (χ1n) is 8.46. The van der Waals surface area contributed by atoms with Gasteiger partial charge in [0.25, 0.3) is 5.69 Å². The van der Waals surface area contributed by atoms with Crippen LogP contribution in [0.25, 0.3) is 0 Å². The third-order valence-electron chi connectivity index (χ3n) is 5.14. The van der Waals surface area contributed by atoms with Gasteiger partial charge in [0.2, 0.25) is 0 Å². The normalized spacial score (nSPS) is 25.9. The summed E-state index contributed by atoms with van der Waals surface area (Å²) in [5, 5.41) is 14.0. The van der Waals surface area contributed by atoms with E-state index in [2.05, 4.69) is 5.32 Å². The van der Waals surface area contributed by atoms with Crippen molar-refractivity contribution >= 4 is 23.2 Å². The van der Waals surface area contributed by atoms with Crippen LogP contribution in [0.3, 0.4) is 0 Å². The molecule has 2 aromatic carbocycles. The number of non-ortho nitro benzene ring substituents is 1. The Hall–Kier alpha value is -3.42. The summed E-state index contributed by atoms with van der Waals surface area (Å²) < 4.78 is 6.16. The van der Waals surface area contributed by atoms with E-state index in [1.165, 1.54) is 30.0 Å². The average Bonchev–Trinajstić information content (AvgIpc) is 2.61. The molecule has 8 nitrogen and oxygen atoms in total. The van der Waals surface area contributed by atoms with E-state index in [1.54, 1.807) is 31.2 Å². The summed E-state index contributed by atoms with van der Waals surface area (Å²) in [4.78, 5) is 37.5. The minimum Gasteiger partial charge on any atom is -0.467 e. The second-order valence-electron chi connectivity index (χ2n) is 6.82. The van der Waals surface area contributed by atoms with Crippen LogP contribution in [0.2, 0.25) is 0 Å². The van der Waals surface area contributed by atoms with Crippen LogP contribution in [0.1, 0.15) is 25.5 Å². The van der Waals surface area contributed by atoms with E-state index in [0.717, 1.165) is 0 Å². The third-order valence-corrected chi connectivity index (χ3v) is 5.14. The number of urea groups is 1. The number of nitro benzene ring substituents is 1. The van der Waals surface area contributed by atoms with Gasteiger partial charge in [0.1, 0.15) is 17.5 Å². The maximum Gasteiger partial charge on any atom is 0.325 e. The van der Waals surface area contributed by atoms with Crippen LogP contribution in [0.4, 0.5) is 16.2 Å². The Balaban J connectivity index is 1.91. The number of Topliss-reactive ketones (excluding diaryl/α,β-unsaturated/α-hetero) is 1. The van der Waals surface area contributed by atoms with Gasteiger partial charge in [0, 0.05) is 23.4 Å². The molecular formula is C19H17N3O5. The summed E-state index contributed by atoms with van der Waals surface area (Å²) in [6.07, 6.45) is 0. The fourth-order valence-corrected chi connectivity index (χ4v) is 4.07. The monoisotopic (exact) mass is 367 g/mol. The van der Waals surface area contributed by atoms with Crippen LogP contribution in [0.15, 0.2) is 48.5 Å². The van der Waals surface area contributed by atoms with E-state index < -0.39 is 28.6 Å². The number of para-hydroxylation sites is 1. The van der Waals surface area contributed by atoms with Crippen LogP contribution >= 0.6 is 0 Å². The lowest BCUT2D eigenvalue weighted by Crippen LogP contribution is -2.71. The van der Waals surface area contributed by atoms with Gasteiger partial charge in [0.15, 0.2) is 5.72 Å². The molecule has 3 unspecified atom stereocenters. The van der Waals surface area contributed by atoms with Gasteiger partial charge in [-0.25, -0.2) is 4.79 Å². The van der Waals surface area contributed by atoms with Crippen molar-refractivity contribution in [1.29, 1.82) is 0 Å². The molecule has 2 aromatic rings. The fourth-order valence-electron chi connectivity index (χ4n) is 4.07. The highest BCUT2D eigenvalue weighted by Gasteiger charge is 2.59. The maximum absolute atomic E-state index is 12.9. The van der Waals surface area contributed by atoms with Crippen molar-refractivity contribution in [2.24, 2.45) is 5.92 Å². The highest BCUT2D eigenvalue weighted by molar-refractivity contribution is 5.98. The number of fused-ring (bicyclic) bond motifs is 4. The zero-order valence-corrected chi connectivity index (χ0v) is 14.7. The first-order valence-corrected chi connectivity index (χ1v) is 8.46. The predicted octanol–water partition coefficient (Wildman–Crippen LogP) is 3.18. The zero-order valence-electron chi connectivity index (χ0n) is 14.7. The maximum atomic E-state index is 12.9. The third kappa shape index (κ3) is 2.44. The molecule has 2 bridgehead atoms. The summed E-state index contributed by atoms with van der Waals surface area (Å²) in [5.41, 5.74) is -0.359. The smallest absolute Gasteiger partial charge is 0.325 e. The van der Waals surface area contributed by atoms with Crippen LogP contribution < -0.4 is 15.0 Å². The number of ketones is 1. The van der Waals surface area contributed by atoms with E-state index in [1.807, 2.05) is 6.07 Å². The molecule has 2 amide bonds. The summed E-state index contributed by atoms with van der Waals surface area (Å²) in [5.74, 6) is -0.503. The summed E-state index contributed by atoms with van der Waals surface area (Å²) in [6.45, 7) is 3.13. The minimum absolute atomic E-state index is 0.122. The number of carbonyl (C=O) groups excluding carboxylic acids is 2. The quantitative estimate of drug-likeness (QED) is 0.663. The number of nitrogens with one attached hydrogen (secondary N) is 1. The van der Waals surface area contributed by atoms with Gasteiger partial charge < -0.3 is 10.1 Å². The summed E-state index contributed by atoms with van der Waals surface area (Å²) in [6, 6.07) is 12.0. The van der Waals surface area contributed by atoms with Crippen LogP contribution in [-0.4, -0.2) is 22.5 Å². The number of hydrogen-bond donors (Lipinski definition) is 1. The first kappa shape index (κ1) is 17.0. The fraction of sp³-hybridized carbons (Fsp3) is 0.263. The number of benzene rings is 2. The van der Waals surface area contributed by atoms with Gasteiger partial charge in [0.05, 0.1) is 11.0 Å². The molecule has 2 aliphatic rings. The van der Waals surface area contributed by atoms with E-state index in [9.17, 15) is 19.7 Å². The summed E-state index contributed by atoms with van der Waals surface area (Å²) in [7, 11) is 0. The molecule has 1 saturated heterocycles. The highest BCUT2D eigenvalue weighted by atomic mass is 16.6. The molecule has 2 aliphatic heterocycles. The molecule has 138 valence electrons. The Morgan fingerprint density at radius 2 is 1.96 bits per heavy atom. The number of carbonyl (C=O) groups is 2. The standard InChI is InChI=1S/C19H17N3O5/c1-11(23)16-17-14-10-13(22(25)26)8-9-15(14)27-19(16,2)21(18(24)20-17)12-6-4-3-5-7-12/h3-10,16-17H,1-2H3,(H,20,24). The van der Waals surface area contributed by atoms with Crippen LogP contribution in [0, 0.1) is 16.0 Å². The molecular weight excluding hydrogens is 350 g/mol. The Morgan fingerprint density at radius 3 is 2.59 bits per heavy atom. The summed E-state index contributed by atoms with van der Waals surface area (Å²) >= 11 is 0. The molecule has 0 aromatic heterocycles. The molecule has 4 rings (SSSR count). The second kappa shape index (κ2) is 5.80. The topological polar surface area (TPSA) is 102 Å². The molecule has 0 spiro atoms. The van der Waals surface area contributed by atoms with Crippen molar-refractivity contribution in [3.8, 4) is 5.75 Å². The van der Waals surface area contributed by atoms with Crippen molar-refractivity contribution < 1.29 is 19.2 Å². The lowest BCUT2D eigenvalue weighted by atomic mass is 9.77. The van der Waals surface area contributed by atoms with E-state index in [-0.39, 0.29) is 11.5 Å². The lowest BCUT2D eigenvalue weighted by molar-refractivity contribution is -0.385. The molecule has 0 radical (unpaired) electrons. The number of rotatable bonds is 3. The van der Waals surface area contributed by atoms with Gasteiger partial charge in [-0.3, -0.25) is 19.8 Å². The number of amides is 2. The minimum atomic E-state index is -1.26. The van der Waals surface area contributed by atoms with Gasteiger partial charge >= 0.3 is 6.03 Å². The van der Waals surface area contributed by atoms with E-state index in [0.29, 0.717) is 17.0 Å². The van der Waals surface area contributed by atoms with Gasteiger partial charge in [-0.2, -0.15) is 0 Å². The SMILES string of the molecule is CC(=O)C1C2NC(=O)N(c3ccccc3)C1(C)Oc1ccc([N+](=O)[O-])cc12. The number of nitrogens with zero attached hydrogens (tertiary/aromatic N) is 2. The Labute approximate surface area is 154 Å². The highest BCUT2D eigenvalue weighted by Crippen LogP contribution is 2.50. The van der Waals surface area contributed by atoms with Crippen LogP contribution in [-0.2, 0) is 4.79 Å². The molecule has 27 heavy (non-hydrogen) atoms. The van der Waals surface area contributed by atoms with Crippen LogP contribution in [0.5, 0.6) is 5.75 Å². The largest absolute Gasteiger partial charge is 0.467 e. The van der Waals surface area contributed by atoms with Gasteiger partial charge in [-0.1, -0.05) is 18.2 Å². The number of anilines is 1. The molecule has 1 N–H and O–H groups in total. The van der Waals surface area contributed by atoms with E-state index >= 15 is 0 Å². The molecule has 3 atom stereocenters. The molecule has 0 aliphatic carbocycles. The van der Waals surface area contributed by atoms with Crippen molar-refractivity contribution in [3.05, 3.63) is 64.2 Å². The lowest BCUT2D eigenvalue weighted by Gasteiger charge is -2.54. The molecule has 0 saturated carbocycles. The second-order valence-corrected chi connectivity index (χ2v) is 6.82. The first-order chi connectivity index (χ1) is 12.8. The molecule has 1 fully saturated rings. The molecule has 2 heterocycles. The van der Waals surface area contributed by atoms with Crippen molar-refractivity contribution in [3.63, 3.8) is 0 Å². The van der Waals surface area contributed by atoms with Crippen molar-refractivity contribution in [2.75, 3.05) is 4.90 Å². The van der Waals surface area contributed by atoms with Gasteiger partial charge in [-0.05, 0) is 32.0 Å². The average molecular weight is 367 g/mol. The van der Waals surface area contributed by atoms with Crippen molar-refractivity contribution in [1.82, 2.24) is 5.32 Å². The van der Waals surface area contributed by atoms with Crippen molar-refractivity contribution in [2.45, 2.75) is 25.6 Å². The zero-order chi connectivity index (χ0) is 19.3. The number of hydrogen-bond acceptors (Lipinski definition) is 5. The Bertz CT molecular complexity index is 961. The van der Waals surface area contributed by atoms with Gasteiger partial charge in [-0.15, -0.1) is 0 Å². The molecule has 8 heteroatoms. The predicted molar refractivity (Wildman–Crippen MR) is 96.5 cm³/mol.